The summed E-state index contributed by atoms with van der Waals surface area (Å²) in [6, 6.07) is 0. The lowest BCUT2D eigenvalue weighted by Gasteiger charge is -2.22. The number of likely N-dealkylation sites (N-methyl/N-ethyl adjacent to an activating group) is 1. The second-order valence-electron chi connectivity index (χ2n) is 4.63. The van der Waals surface area contributed by atoms with Crippen molar-refractivity contribution in [1.82, 2.24) is 9.88 Å². The third-order valence-corrected chi connectivity index (χ3v) is 2.57. The van der Waals surface area contributed by atoms with Gasteiger partial charge in [0, 0.05) is 12.4 Å². The van der Waals surface area contributed by atoms with E-state index in [1.165, 1.54) is 11.3 Å². The average Bonchev–Trinajstić information content (AvgIpc) is 2.65. The van der Waals surface area contributed by atoms with Gasteiger partial charge in [0.05, 0.1) is 23.4 Å². The number of hydrogen-bond acceptors (Lipinski definition) is 4. The predicted molar refractivity (Wildman–Crippen MR) is 64.3 cm³/mol. The van der Waals surface area contributed by atoms with Gasteiger partial charge in [-0.2, -0.15) is 0 Å². The molecule has 1 heterocycles. The molecular formula is C11H18N2O2S. The van der Waals surface area contributed by atoms with E-state index in [0.717, 1.165) is 5.69 Å². The fourth-order valence-corrected chi connectivity index (χ4v) is 1.58. The molecule has 1 aromatic heterocycles. The lowest BCUT2D eigenvalue weighted by atomic mass is 10.2. The Kier molecular flexibility index (Phi) is 4.44. The normalized spacial score (nSPS) is 11.5. The number of ether oxygens (including phenoxy) is 1. The molecule has 0 unspecified atom stereocenters. The van der Waals surface area contributed by atoms with Gasteiger partial charge in [-0.15, -0.1) is 11.3 Å². The van der Waals surface area contributed by atoms with Gasteiger partial charge in [0.1, 0.15) is 6.61 Å². The maximum absolute atomic E-state index is 11.7. The summed E-state index contributed by atoms with van der Waals surface area (Å²) in [6.07, 6.45) is 0. The van der Waals surface area contributed by atoms with Crippen molar-refractivity contribution in [2.75, 3.05) is 13.7 Å². The molecule has 0 saturated heterocycles. The van der Waals surface area contributed by atoms with E-state index in [1.807, 2.05) is 26.2 Å². The van der Waals surface area contributed by atoms with Gasteiger partial charge in [-0.1, -0.05) is 0 Å². The monoisotopic (exact) mass is 242 g/mol. The van der Waals surface area contributed by atoms with Crippen LogP contribution in [0.15, 0.2) is 10.9 Å². The molecule has 0 aliphatic carbocycles. The van der Waals surface area contributed by atoms with Gasteiger partial charge in [0.15, 0.2) is 0 Å². The summed E-state index contributed by atoms with van der Waals surface area (Å²) < 4.78 is 5.42. The molecule has 4 nitrogen and oxygen atoms in total. The minimum absolute atomic E-state index is 0.0251. The Hall–Kier alpha value is -0.940. The number of aromatic nitrogens is 1. The Balaban J connectivity index is 2.37. The standard InChI is InChI=1S/C11H18N2O2S/c1-11(2,3)15-6-10(14)13(4)5-9-7-16-8-12-9/h7-8H,5-6H2,1-4H3. The number of nitrogens with zero attached hydrogens (tertiary/aromatic N) is 2. The van der Waals surface area contributed by atoms with Crippen LogP contribution in [-0.4, -0.2) is 35.0 Å². The van der Waals surface area contributed by atoms with E-state index in [9.17, 15) is 4.79 Å². The third-order valence-electron chi connectivity index (χ3n) is 1.94. The van der Waals surface area contributed by atoms with Crippen LogP contribution in [0.3, 0.4) is 0 Å². The molecule has 1 amide bonds. The highest BCUT2D eigenvalue weighted by atomic mass is 32.1. The first kappa shape index (κ1) is 13.1. The molecule has 0 saturated carbocycles. The van der Waals surface area contributed by atoms with Gasteiger partial charge in [0.2, 0.25) is 5.91 Å². The van der Waals surface area contributed by atoms with Crippen LogP contribution >= 0.6 is 11.3 Å². The fraction of sp³-hybridized carbons (Fsp3) is 0.636. The zero-order valence-electron chi connectivity index (χ0n) is 10.2. The third kappa shape index (κ3) is 4.72. The molecule has 16 heavy (non-hydrogen) atoms. The van der Waals surface area contributed by atoms with E-state index in [0.29, 0.717) is 6.54 Å². The maximum atomic E-state index is 11.7. The number of carbonyl (C=O) groups is 1. The average molecular weight is 242 g/mol. The van der Waals surface area contributed by atoms with Crippen molar-refractivity contribution >= 4 is 17.2 Å². The molecule has 0 fully saturated rings. The van der Waals surface area contributed by atoms with Gasteiger partial charge >= 0.3 is 0 Å². The molecule has 0 bridgehead atoms. The van der Waals surface area contributed by atoms with Crippen LogP contribution in [0.5, 0.6) is 0 Å². The molecule has 90 valence electrons. The minimum atomic E-state index is -0.281. The number of thiazole rings is 1. The SMILES string of the molecule is CN(Cc1cscn1)C(=O)COC(C)(C)C. The lowest BCUT2D eigenvalue weighted by molar-refractivity contribution is -0.140. The summed E-state index contributed by atoms with van der Waals surface area (Å²) >= 11 is 1.53. The number of carbonyl (C=O) groups excluding carboxylic acids is 1. The van der Waals surface area contributed by atoms with Crippen LogP contribution < -0.4 is 0 Å². The van der Waals surface area contributed by atoms with Gasteiger partial charge in [-0.3, -0.25) is 4.79 Å². The Labute approximate surface area is 100 Å². The van der Waals surface area contributed by atoms with Crippen molar-refractivity contribution in [2.45, 2.75) is 32.9 Å². The molecule has 0 atom stereocenters. The first-order valence-corrected chi connectivity index (χ1v) is 6.08. The molecule has 0 N–H and O–H groups in total. The van der Waals surface area contributed by atoms with Crippen molar-refractivity contribution in [2.24, 2.45) is 0 Å². The molecule has 1 aromatic rings. The summed E-state index contributed by atoms with van der Waals surface area (Å²) in [6.45, 7) is 6.45. The van der Waals surface area contributed by atoms with Crippen LogP contribution in [0, 0.1) is 0 Å². The number of hydrogen-bond donors (Lipinski definition) is 0. The van der Waals surface area contributed by atoms with E-state index >= 15 is 0 Å². The molecule has 0 radical (unpaired) electrons. The topological polar surface area (TPSA) is 42.4 Å². The van der Waals surface area contributed by atoms with Gasteiger partial charge < -0.3 is 9.64 Å². The highest BCUT2D eigenvalue weighted by Crippen LogP contribution is 2.08. The first-order valence-electron chi connectivity index (χ1n) is 5.13. The quantitative estimate of drug-likeness (QED) is 0.810. The molecule has 5 heteroatoms. The van der Waals surface area contributed by atoms with E-state index in [4.69, 9.17) is 4.74 Å². The van der Waals surface area contributed by atoms with Gasteiger partial charge in [-0.05, 0) is 20.8 Å². The summed E-state index contributed by atoms with van der Waals surface area (Å²) in [7, 11) is 1.76. The molecular weight excluding hydrogens is 224 g/mol. The highest BCUT2D eigenvalue weighted by molar-refractivity contribution is 7.07. The Bertz CT molecular complexity index is 330. The number of rotatable bonds is 4. The van der Waals surface area contributed by atoms with E-state index < -0.39 is 0 Å². The second-order valence-corrected chi connectivity index (χ2v) is 5.35. The van der Waals surface area contributed by atoms with Crippen LogP contribution in [-0.2, 0) is 16.1 Å². The van der Waals surface area contributed by atoms with Gasteiger partial charge in [-0.25, -0.2) is 4.98 Å². The molecule has 0 spiro atoms. The van der Waals surface area contributed by atoms with E-state index in [2.05, 4.69) is 4.98 Å². The minimum Gasteiger partial charge on any atom is -0.366 e. The van der Waals surface area contributed by atoms with Crippen molar-refractivity contribution in [3.05, 3.63) is 16.6 Å². The summed E-state index contributed by atoms with van der Waals surface area (Å²) in [5.41, 5.74) is 2.40. The fourth-order valence-electron chi connectivity index (χ4n) is 1.04. The summed E-state index contributed by atoms with van der Waals surface area (Å²) in [5, 5.41) is 1.94. The van der Waals surface area contributed by atoms with Crippen molar-refractivity contribution in [3.8, 4) is 0 Å². The first-order chi connectivity index (χ1) is 7.38. The van der Waals surface area contributed by atoms with Crippen LogP contribution in [0.4, 0.5) is 0 Å². The Morgan fingerprint density at radius 2 is 2.25 bits per heavy atom. The highest BCUT2D eigenvalue weighted by Gasteiger charge is 2.15. The van der Waals surface area contributed by atoms with Crippen LogP contribution in [0.25, 0.3) is 0 Å². The van der Waals surface area contributed by atoms with Gasteiger partial charge in [0.25, 0.3) is 0 Å². The predicted octanol–water partition coefficient (Wildman–Crippen LogP) is 1.92. The molecule has 0 aliphatic rings. The van der Waals surface area contributed by atoms with Crippen molar-refractivity contribution in [1.29, 1.82) is 0 Å². The number of amides is 1. The van der Waals surface area contributed by atoms with Crippen LogP contribution in [0.1, 0.15) is 26.5 Å². The van der Waals surface area contributed by atoms with Crippen molar-refractivity contribution in [3.63, 3.8) is 0 Å². The lowest BCUT2D eigenvalue weighted by Crippen LogP contribution is -2.33. The molecule has 0 aromatic carbocycles. The molecule has 0 aliphatic heterocycles. The smallest absolute Gasteiger partial charge is 0.248 e. The summed E-state index contributed by atoms with van der Waals surface area (Å²) in [5.74, 6) is -0.0251. The van der Waals surface area contributed by atoms with E-state index in [-0.39, 0.29) is 18.1 Å². The largest absolute Gasteiger partial charge is 0.366 e. The molecule has 1 rings (SSSR count). The Morgan fingerprint density at radius 3 is 2.75 bits per heavy atom. The van der Waals surface area contributed by atoms with E-state index in [1.54, 1.807) is 17.5 Å². The Morgan fingerprint density at radius 1 is 1.56 bits per heavy atom. The van der Waals surface area contributed by atoms with Crippen LogP contribution in [0.2, 0.25) is 0 Å². The summed E-state index contributed by atoms with van der Waals surface area (Å²) in [4.78, 5) is 17.4. The maximum Gasteiger partial charge on any atom is 0.248 e. The second kappa shape index (κ2) is 5.41. The zero-order chi connectivity index (χ0) is 12.2. The van der Waals surface area contributed by atoms with Crippen molar-refractivity contribution < 1.29 is 9.53 Å². The zero-order valence-corrected chi connectivity index (χ0v) is 11.0.